The summed E-state index contributed by atoms with van der Waals surface area (Å²) in [7, 11) is 0. The van der Waals surface area contributed by atoms with Crippen molar-refractivity contribution in [2.45, 2.75) is 18.6 Å². The molecule has 2 atom stereocenters. The number of fused-ring (bicyclic) bond motifs is 1. The predicted molar refractivity (Wildman–Crippen MR) is 121 cm³/mol. The van der Waals surface area contributed by atoms with Gasteiger partial charge in [-0.3, -0.25) is 19.5 Å². The molecule has 4 heterocycles. The van der Waals surface area contributed by atoms with Crippen LogP contribution in [0.5, 0.6) is 0 Å². The van der Waals surface area contributed by atoms with Crippen molar-refractivity contribution in [3.05, 3.63) is 55.0 Å². The zero-order valence-corrected chi connectivity index (χ0v) is 18.1. The Morgan fingerprint density at radius 2 is 2.06 bits per heavy atom. The van der Waals surface area contributed by atoms with Crippen molar-refractivity contribution in [1.82, 2.24) is 19.9 Å². The van der Waals surface area contributed by atoms with E-state index in [4.69, 9.17) is 15.0 Å². The van der Waals surface area contributed by atoms with Gasteiger partial charge in [-0.2, -0.15) is 0 Å². The molecule has 4 aromatic rings. The normalized spacial score (nSPS) is 19.4. The average Bonchev–Trinajstić information content (AvgIpc) is 3.48. The first kappa shape index (κ1) is 21.6. The van der Waals surface area contributed by atoms with E-state index in [0.717, 1.165) is 5.69 Å². The van der Waals surface area contributed by atoms with E-state index in [-0.39, 0.29) is 19.0 Å². The van der Waals surface area contributed by atoms with E-state index < -0.39 is 23.5 Å². The van der Waals surface area contributed by atoms with Crippen LogP contribution in [0.15, 0.2) is 59.5 Å². The summed E-state index contributed by atoms with van der Waals surface area (Å²) in [5.41, 5.74) is 5.37. The Morgan fingerprint density at radius 3 is 2.85 bits per heavy atom. The van der Waals surface area contributed by atoms with E-state index in [1.807, 2.05) is 0 Å². The number of carbonyl (C=O) groups is 2. The summed E-state index contributed by atoms with van der Waals surface area (Å²) in [5, 5.41) is 22.1. The number of aliphatic hydroxyl groups is 1. The van der Waals surface area contributed by atoms with E-state index in [0.29, 0.717) is 22.5 Å². The van der Waals surface area contributed by atoms with Gasteiger partial charge in [0.1, 0.15) is 0 Å². The number of nitrogens with zero attached hydrogens (tertiary/aromatic N) is 5. The maximum absolute atomic E-state index is 13.3. The number of aromatic nitrogens is 4. The molecule has 12 heteroatoms. The molecular formula is C22H21N7O5. The molecule has 1 aromatic carbocycles. The van der Waals surface area contributed by atoms with E-state index in [1.54, 1.807) is 53.6 Å². The Morgan fingerprint density at radius 1 is 1.26 bits per heavy atom. The van der Waals surface area contributed by atoms with Gasteiger partial charge in [0.2, 0.25) is 0 Å². The van der Waals surface area contributed by atoms with E-state index in [2.05, 4.69) is 20.6 Å². The Bertz CT molecular complexity index is 1370. The topological polar surface area (TPSA) is 162 Å². The van der Waals surface area contributed by atoms with Gasteiger partial charge in [0.15, 0.2) is 28.9 Å². The number of hydrogen-bond acceptors (Lipinski definition) is 9. The first-order chi connectivity index (χ1) is 16.4. The second kappa shape index (κ2) is 8.24. The molecule has 1 aliphatic rings. The standard InChI is InChI=1S/C22H21N7O5/c1-22(18(30)20(31)25-13-2-3-15-16(12-13)34-27-19(15)23)21(32)28(10-11-33-22)17-6-9-29(26-17)14-4-7-24-8-5-14/h2-9,12,18,30H,10-11H2,1H3,(H2,23,27)(H,25,31)/t18?,22-/m1/s1. The lowest BCUT2D eigenvalue weighted by atomic mass is 9.94. The third-order valence-electron chi connectivity index (χ3n) is 5.70. The van der Waals surface area contributed by atoms with Gasteiger partial charge < -0.3 is 25.4 Å². The van der Waals surface area contributed by atoms with Gasteiger partial charge in [-0.05, 0) is 31.2 Å². The second-order valence-electron chi connectivity index (χ2n) is 7.91. The smallest absolute Gasteiger partial charge is 0.263 e. The minimum Gasteiger partial charge on any atom is -0.380 e. The summed E-state index contributed by atoms with van der Waals surface area (Å²) < 4.78 is 12.3. The SMILES string of the molecule is C[C@]1(C(O)C(=O)Nc2ccc3c(N)noc3c2)OCCN(c2ccn(-c3ccncc3)n2)C1=O. The van der Waals surface area contributed by atoms with E-state index in [9.17, 15) is 14.7 Å². The lowest BCUT2D eigenvalue weighted by molar-refractivity contribution is -0.170. The zero-order chi connectivity index (χ0) is 23.9. The summed E-state index contributed by atoms with van der Waals surface area (Å²) in [6, 6.07) is 9.97. The molecule has 2 amide bonds. The van der Waals surface area contributed by atoms with Gasteiger partial charge in [-0.15, -0.1) is 5.10 Å². The van der Waals surface area contributed by atoms with E-state index in [1.165, 1.54) is 17.9 Å². The molecule has 0 aliphatic carbocycles. The number of aliphatic hydroxyl groups excluding tert-OH is 1. The monoisotopic (exact) mass is 463 g/mol. The first-order valence-electron chi connectivity index (χ1n) is 10.4. The number of ether oxygens (including phenoxy) is 1. The van der Waals surface area contributed by atoms with Crippen LogP contribution in [-0.4, -0.2) is 61.7 Å². The average molecular weight is 463 g/mol. The van der Waals surface area contributed by atoms with Crippen molar-refractivity contribution < 1.29 is 24.0 Å². The Hall–Kier alpha value is -4.29. The fourth-order valence-corrected chi connectivity index (χ4v) is 3.79. The highest BCUT2D eigenvalue weighted by molar-refractivity contribution is 6.06. The van der Waals surface area contributed by atoms with Crippen LogP contribution < -0.4 is 16.0 Å². The van der Waals surface area contributed by atoms with Crippen molar-refractivity contribution in [2.75, 3.05) is 29.1 Å². The lowest BCUT2D eigenvalue weighted by Crippen LogP contribution is -2.63. The summed E-state index contributed by atoms with van der Waals surface area (Å²) in [6.07, 6.45) is 3.19. The Balaban J connectivity index is 1.34. The number of rotatable bonds is 5. The number of morpholine rings is 1. The van der Waals surface area contributed by atoms with Gasteiger partial charge in [-0.1, -0.05) is 5.16 Å². The molecule has 5 rings (SSSR count). The molecule has 0 bridgehead atoms. The maximum Gasteiger partial charge on any atom is 0.263 e. The quantitative estimate of drug-likeness (QED) is 0.394. The van der Waals surface area contributed by atoms with Crippen molar-refractivity contribution in [3.63, 3.8) is 0 Å². The maximum atomic E-state index is 13.3. The summed E-state index contributed by atoms with van der Waals surface area (Å²) >= 11 is 0. The van der Waals surface area contributed by atoms with Crippen molar-refractivity contribution >= 4 is 40.1 Å². The van der Waals surface area contributed by atoms with Crippen molar-refractivity contribution in [3.8, 4) is 5.69 Å². The van der Waals surface area contributed by atoms with Gasteiger partial charge in [-0.25, -0.2) is 4.68 Å². The fourth-order valence-electron chi connectivity index (χ4n) is 3.79. The van der Waals surface area contributed by atoms with Crippen LogP contribution in [0, 0.1) is 0 Å². The number of carbonyl (C=O) groups excluding carboxylic acids is 2. The van der Waals surface area contributed by atoms with Gasteiger partial charge in [0, 0.05) is 36.4 Å². The lowest BCUT2D eigenvalue weighted by Gasteiger charge is -2.40. The number of pyridine rings is 1. The number of amides is 2. The minimum atomic E-state index is -1.82. The molecule has 1 unspecified atom stereocenters. The summed E-state index contributed by atoms with van der Waals surface area (Å²) in [4.78, 5) is 31.5. The minimum absolute atomic E-state index is 0.109. The molecule has 0 spiro atoms. The van der Waals surface area contributed by atoms with Crippen LogP contribution in [0.4, 0.5) is 17.3 Å². The molecule has 0 radical (unpaired) electrons. The van der Waals surface area contributed by atoms with Crippen LogP contribution in [0.3, 0.4) is 0 Å². The Kier molecular flexibility index (Phi) is 5.23. The van der Waals surface area contributed by atoms with Crippen molar-refractivity contribution in [2.24, 2.45) is 0 Å². The van der Waals surface area contributed by atoms with Crippen LogP contribution in [0.25, 0.3) is 16.7 Å². The second-order valence-corrected chi connectivity index (χ2v) is 7.91. The molecular weight excluding hydrogens is 442 g/mol. The van der Waals surface area contributed by atoms with Crippen LogP contribution in [0.1, 0.15) is 6.92 Å². The van der Waals surface area contributed by atoms with Gasteiger partial charge >= 0.3 is 0 Å². The third kappa shape index (κ3) is 3.64. The molecule has 1 fully saturated rings. The predicted octanol–water partition coefficient (Wildman–Crippen LogP) is 1.11. The highest BCUT2D eigenvalue weighted by Crippen LogP contribution is 2.29. The Labute approximate surface area is 192 Å². The number of nitrogens with two attached hydrogens (primary N) is 1. The largest absolute Gasteiger partial charge is 0.380 e. The van der Waals surface area contributed by atoms with Crippen molar-refractivity contribution in [1.29, 1.82) is 0 Å². The summed E-state index contributed by atoms with van der Waals surface area (Å²) in [5.74, 6) is -0.794. The molecule has 0 saturated carbocycles. The van der Waals surface area contributed by atoms with Crippen LogP contribution >= 0.6 is 0 Å². The zero-order valence-electron chi connectivity index (χ0n) is 18.1. The molecule has 3 aromatic heterocycles. The molecule has 12 nitrogen and oxygen atoms in total. The number of hydrogen-bond donors (Lipinski definition) is 3. The molecule has 1 aliphatic heterocycles. The fraction of sp³-hybridized carbons (Fsp3) is 0.227. The molecule has 34 heavy (non-hydrogen) atoms. The molecule has 174 valence electrons. The van der Waals surface area contributed by atoms with E-state index >= 15 is 0 Å². The first-order valence-corrected chi connectivity index (χ1v) is 10.4. The highest BCUT2D eigenvalue weighted by Gasteiger charge is 2.51. The van der Waals surface area contributed by atoms with Gasteiger partial charge in [0.05, 0.1) is 24.2 Å². The molecule has 4 N–H and O–H groups in total. The number of anilines is 3. The van der Waals surface area contributed by atoms with Crippen LogP contribution in [-0.2, 0) is 14.3 Å². The van der Waals surface area contributed by atoms with Crippen LogP contribution in [0.2, 0.25) is 0 Å². The highest BCUT2D eigenvalue weighted by atomic mass is 16.5. The summed E-state index contributed by atoms with van der Waals surface area (Å²) in [6.45, 7) is 1.71. The van der Waals surface area contributed by atoms with Gasteiger partial charge in [0.25, 0.3) is 11.8 Å². The number of benzene rings is 1. The number of nitrogen functional groups attached to an aromatic ring is 1. The molecule has 1 saturated heterocycles. The third-order valence-corrected chi connectivity index (χ3v) is 5.70. The number of nitrogens with one attached hydrogen (secondary N) is 1.